The van der Waals surface area contributed by atoms with Gasteiger partial charge in [-0.05, 0) is 61.7 Å². The van der Waals surface area contributed by atoms with Crippen LogP contribution < -0.4 is 14.8 Å². The van der Waals surface area contributed by atoms with Crippen LogP contribution in [0.5, 0.6) is 11.5 Å². The molecule has 1 N–H and O–H groups in total. The van der Waals surface area contributed by atoms with Gasteiger partial charge in [-0.15, -0.1) is 0 Å². The molecule has 0 aliphatic heterocycles. The van der Waals surface area contributed by atoms with Crippen molar-refractivity contribution in [3.63, 3.8) is 0 Å². The number of nitrogens with zero attached hydrogens (tertiary/aromatic N) is 1. The van der Waals surface area contributed by atoms with Gasteiger partial charge in [0.1, 0.15) is 0 Å². The van der Waals surface area contributed by atoms with Crippen LogP contribution in [0.3, 0.4) is 0 Å². The first-order chi connectivity index (χ1) is 13.7. The lowest BCUT2D eigenvalue weighted by Gasteiger charge is -2.33. The molecule has 2 aromatic rings. The van der Waals surface area contributed by atoms with Crippen molar-refractivity contribution in [2.24, 2.45) is 0 Å². The summed E-state index contributed by atoms with van der Waals surface area (Å²) in [7, 11) is 1.64. The Hall–Kier alpha value is -3.00. The highest BCUT2D eigenvalue weighted by molar-refractivity contribution is 5.94. The monoisotopic (exact) mass is 378 g/mol. The number of amides is 1. The maximum Gasteiger partial charge on any atom is 0.251 e. The highest BCUT2D eigenvalue weighted by atomic mass is 16.5. The Balaban J connectivity index is 1.79. The van der Waals surface area contributed by atoms with Gasteiger partial charge in [-0.2, -0.15) is 5.26 Å². The SMILES string of the molecule is CCOc1cc([C@H]2CCCC[C@H]2NC(=O)c2ccc(C#N)cc2)ccc1OC. The molecular weight excluding hydrogens is 352 g/mol. The van der Waals surface area contributed by atoms with Crippen LogP contribution in [0.15, 0.2) is 42.5 Å². The number of ether oxygens (including phenoxy) is 2. The molecule has 0 heterocycles. The highest BCUT2D eigenvalue weighted by Crippen LogP contribution is 2.37. The molecule has 1 saturated carbocycles. The molecule has 0 bridgehead atoms. The van der Waals surface area contributed by atoms with Gasteiger partial charge >= 0.3 is 0 Å². The fourth-order valence-corrected chi connectivity index (χ4v) is 3.84. The van der Waals surface area contributed by atoms with Gasteiger partial charge in [-0.3, -0.25) is 4.79 Å². The molecule has 5 heteroatoms. The average Bonchev–Trinajstić information content (AvgIpc) is 2.74. The van der Waals surface area contributed by atoms with Gasteiger partial charge in [-0.25, -0.2) is 0 Å². The minimum absolute atomic E-state index is 0.0692. The third-order valence-electron chi connectivity index (χ3n) is 5.27. The van der Waals surface area contributed by atoms with Crippen molar-refractivity contribution in [1.29, 1.82) is 5.26 Å². The molecule has 1 amide bonds. The number of carbonyl (C=O) groups is 1. The second-order valence-electron chi connectivity index (χ2n) is 7.00. The van der Waals surface area contributed by atoms with Crippen LogP contribution >= 0.6 is 0 Å². The van der Waals surface area contributed by atoms with Crippen LogP contribution in [0.1, 0.15) is 60.0 Å². The number of benzene rings is 2. The van der Waals surface area contributed by atoms with Crippen LogP contribution in [0, 0.1) is 11.3 Å². The molecule has 28 heavy (non-hydrogen) atoms. The zero-order valence-electron chi connectivity index (χ0n) is 16.4. The summed E-state index contributed by atoms with van der Waals surface area (Å²) in [5, 5.41) is 12.1. The summed E-state index contributed by atoms with van der Waals surface area (Å²) in [6, 6.07) is 14.9. The molecule has 1 aliphatic rings. The van der Waals surface area contributed by atoms with Crippen LogP contribution in [0.4, 0.5) is 0 Å². The molecule has 2 aromatic carbocycles. The van der Waals surface area contributed by atoms with E-state index in [1.165, 1.54) is 0 Å². The minimum atomic E-state index is -0.0973. The van der Waals surface area contributed by atoms with Crippen molar-refractivity contribution in [2.45, 2.75) is 44.6 Å². The van der Waals surface area contributed by atoms with Gasteiger partial charge in [-0.1, -0.05) is 18.9 Å². The molecule has 0 radical (unpaired) electrons. The smallest absolute Gasteiger partial charge is 0.251 e. The second-order valence-corrected chi connectivity index (χ2v) is 7.00. The predicted molar refractivity (Wildman–Crippen MR) is 108 cm³/mol. The maximum absolute atomic E-state index is 12.7. The zero-order chi connectivity index (χ0) is 19.9. The van der Waals surface area contributed by atoms with E-state index in [-0.39, 0.29) is 17.9 Å². The largest absolute Gasteiger partial charge is 0.493 e. The standard InChI is InChI=1S/C23H26N2O3/c1-3-28-22-14-18(12-13-21(22)27-2)19-6-4-5-7-20(19)25-23(26)17-10-8-16(15-24)9-11-17/h8-14,19-20H,3-7H2,1-2H3,(H,25,26)/t19-,20-/m1/s1. The third-order valence-corrected chi connectivity index (χ3v) is 5.27. The van der Waals surface area contributed by atoms with E-state index in [2.05, 4.69) is 17.5 Å². The Bertz CT molecular complexity index is 855. The van der Waals surface area contributed by atoms with Gasteiger partial charge in [0.15, 0.2) is 11.5 Å². The molecule has 146 valence electrons. The number of carbonyl (C=O) groups excluding carboxylic acids is 1. The fraction of sp³-hybridized carbons (Fsp3) is 0.391. The number of hydrogen-bond donors (Lipinski definition) is 1. The third kappa shape index (κ3) is 4.45. The van der Waals surface area contributed by atoms with Crippen LogP contribution in [-0.4, -0.2) is 25.7 Å². The van der Waals surface area contributed by atoms with E-state index in [4.69, 9.17) is 14.7 Å². The van der Waals surface area contributed by atoms with Crippen LogP contribution in [0.2, 0.25) is 0 Å². The fourth-order valence-electron chi connectivity index (χ4n) is 3.84. The lowest BCUT2D eigenvalue weighted by Crippen LogP contribution is -2.41. The predicted octanol–water partition coefficient (Wildman–Crippen LogP) is 4.42. The van der Waals surface area contributed by atoms with Crippen molar-refractivity contribution in [3.8, 4) is 17.6 Å². The molecule has 3 rings (SSSR count). The van der Waals surface area contributed by atoms with Crippen molar-refractivity contribution in [2.75, 3.05) is 13.7 Å². The Morgan fingerprint density at radius 2 is 1.89 bits per heavy atom. The van der Waals surface area contributed by atoms with E-state index in [1.54, 1.807) is 31.4 Å². The Kier molecular flexibility index (Phi) is 6.54. The number of methoxy groups -OCH3 is 1. The van der Waals surface area contributed by atoms with E-state index in [1.807, 2.05) is 19.1 Å². The molecular formula is C23H26N2O3. The first-order valence-corrected chi connectivity index (χ1v) is 9.78. The lowest BCUT2D eigenvalue weighted by molar-refractivity contribution is 0.0920. The Labute approximate surface area is 166 Å². The number of nitriles is 1. The number of rotatable bonds is 6. The second kappa shape index (κ2) is 9.27. The summed E-state index contributed by atoms with van der Waals surface area (Å²) < 4.78 is 11.1. The minimum Gasteiger partial charge on any atom is -0.493 e. The van der Waals surface area contributed by atoms with Gasteiger partial charge < -0.3 is 14.8 Å². The summed E-state index contributed by atoms with van der Waals surface area (Å²) in [5.74, 6) is 1.60. The van der Waals surface area contributed by atoms with Crippen molar-refractivity contribution >= 4 is 5.91 Å². The number of hydrogen-bond acceptors (Lipinski definition) is 4. The van der Waals surface area contributed by atoms with Crippen molar-refractivity contribution in [3.05, 3.63) is 59.2 Å². The van der Waals surface area contributed by atoms with E-state index in [0.717, 1.165) is 42.7 Å². The normalized spacial score (nSPS) is 18.8. The van der Waals surface area contributed by atoms with Crippen molar-refractivity contribution < 1.29 is 14.3 Å². The molecule has 1 aliphatic carbocycles. The molecule has 0 unspecified atom stereocenters. The van der Waals surface area contributed by atoms with E-state index >= 15 is 0 Å². The van der Waals surface area contributed by atoms with Gasteiger partial charge in [0.05, 0.1) is 25.3 Å². The van der Waals surface area contributed by atoms with Gasteiger partial charge in [0.25, 0.3) is 5.91 Å². The van der Waals surface area contributed by atoms with E-state index in [9.17, 15) is 4.79 Å². The summed E-state index contributed by atoms with van der Waals surface area (Å²) in [6.45, 7) is 2.52. The first-order valence-electron chi connectivity index (χ1n) is 9.78. The lowest BCUT2D eigenvalue weighted by atomic mass is 9.79. The van der Waals surface area contributed by atoms with Gasteiger partial charge in [0.2, 0.25) is 0 Å². The summed E-state index contributed by atoms with van der Waals surface area (Å²) >= 11 is 0. The zero-order valence-corrected chi connectivity index (χ0v) is 16.4. The topological polar surface area (TPSA) is 71.3 Å². The highest BCUT2D eigenvalue weighted by Gasteiger charge is 2.29. The average molecular weight is 378 g/mol. The summed E-state index contributed by atoms with van der Waals surface area (Å²) in [5.41, 5.74) is 2.29. The number of nitrogens with one attached hydrogen (secondary N) is 1. The first kappa shape index (κ1) is 19.8. The Morgan fingerprint density at radius 1 is 1.14 bits per heavy atom. The quantitative estimate of drug-likeness (QED) is 0.808. The Morgan fingerprint density at radius 3 is 2.57 bits per heavy atom. The summed E-state index contributed by atoms with van der Waals surface area (Å²) in [4.78, 5) is 12.7. The summed E-state index contributed by atoms with van der Waals surface area (Å²) in [6.07, 6.45) is 4.21. The van der Waals surface area contributed by atoms with Crippen LogP contribution in [0.25, 0.3) is 0 Å². The van der Waals surface area contributed by atoms with Crippen molar-refractivity contribution in [1.82, 2.24) is 5.32 Å². The maximum atomic E-state index is 12.7. The molecule has 5 nitrogen and oxygen atoms in total. The molecule has 0 spiro atoms. The molecule has 2 atom stereocenters. The van der Waals surface area contributed by atoms with E-state index < -0.39 is 0 Å². The molecule has 0 saturated heterocycles. The van der Waals surface area contributed by atoms with Crippen LogP contribution in [-0.2, 0) is 0 Å². The molecule has 0 aromatic heterocycles. The molecule has 1 fully saturated rings. The van der Waals surface area contributed by atoms with Gasteiger partial charge in [0, 0.05) is 17.5 Å². The van der Waals surface area contributed by atoms with E-state index in [0.29, 0.717) is 17.7 Å².